The van der Waals surface area contributed by atoms with Crippen LogP contribution in [0.5, 0.6) is 0 Å². The second kappa shape index (κ2) is 9.11. The van der Waals surface area contributed by atoms with Gasteiger partial charge in [-0.05, 0) is 66.9 Å². The zero-order valence-corrected chi connectivity index (χ0v) is 17.3. The van der Waals surface area contributed by atoms with Crippen molar-refractivity contribution in [2.75, 3.05) is 0 Å². The molecule has 0 aliphatic carbocycles. The predicted octanol–water partition coefficient (Wildman–Crippen LogP) is 2.86. The van der Waals surface area contributed by atoms with Crippen LogP contribution in [0.2, 0.25) is 0 Å². The molecule has 0 aliphatic heterocycles. The molecule has 9 heteroatoms. The first-order chi connectivity index (χ1) is 12.9. The summed E-state index contributed by atoms with van der Waals surface area (Å²) in [5.41, 5.74) is -0.0591. The van der Waals surface area contributed by atoms with E-state index in [2.05, 4.69) is 20.9 Å². The number of carbonyl (C=O) groups excluding carboxylic acids is 1. The number of rotatable bonds is 6. The van der Waals surface area contributed by atoms with Crippen molar-refractivity contribution in [2.45, 2.75) is 45.1 Å². The minimum Gasteiger partial charge on any atom is -0.460 e. The smallest absolute Gasteiger partial charge is 0.460 e. The molecule has 1 atom stereocenters. The Morgan fingerprint density at radius 1 is 1.21 bits per heavy atom. The molecule has 0 saturated heterocycles. The quantitative estimate of drug-likeness (QED) is 0.397. The van der Waals surface area contributed by atoms with E-state index in [1.165, 1.54) is 12.1 Å². The Labute approximate surface area is 171 Å². The van der Waals surface area contributed by atoms with Gasteiger partial charge in [-0.1, -0.05) is 6.07 Å². The average molecular weight is 456 g/mol. The van der Waals surface area contributed by atoms with Gasteiger partial charge in [0.05, 0.1) is 6.42 Å². The highest BCUT2D eigenvalue weighted by molar-refractivity contribution is 9.10. The van der Waals surface area contributed by atoms with Crippen molar-refractivity contribution < 1.29 is 28.4 Å². The molecule has 0 unspecified atom stereocenters. The summed E-state index contributed by atoms with van der Waals surface area (Å²) >= 11 is 3.23. The third-order valence-electron chi connectivity index (χ3n) is 3.83. The van der Waals surface area contributed by atoms with E-state index in [4.69, 9.17) is 4.74 Å². The minimum atomic E-state index is -1.82. The van der Waals surface area contributed by atoms with Crippen molar-refractivity contribution in [3.8, 4) is 0 Å². The van der Waals surface area contributed by atoms with Crippen LogP contribution in [0.4, 0.5) is 8.78 Å². The van der Waals surface area contributed by atoms with Crippen molar-refractivity contribution in [3.05, 3.63) is 57.8 Å². The minimum absolute atomic E-state index is 0.0527. The Kier molecular flexibility index (Phi) is 7.30. The second-order valence-corrected chi connectivity index (χ2v) is 8.26. The van der Waals surface area contributed by atoms with Gasteiger partial charge < -0.3 is 14.8 Å². The number of hydrogen-bond acceptors (Lipinski definition) is 5. The zero-order valence-electron chi connectivity index (χ0n) is 15.7. The fraction of sp³-hybridized carbons (Fsp3) is 0.368. The standard InChI is InChI=1S/C19H21BBrF2NO4/c1-19(2,3)28-17(25)9-12(6-11-7-13(22)10-14(23)8-11)18-15(20(26)27)4-5-16(21)24-18/h4-5,7-8,10,12,26-27H,6,9H2,1-3H3/t12-/m1/s1. The number of nitrogens with zero attached hydrogens (tertiary/aromatic N) is 1. The molecule has 1 aromatic heterocycles. The van der Waals surface area contributed by atoms with Crippen molar-refractivity contribution in [2.24, 2.45) is 0 Å². The van der Waals surface area contributed by atoms with Crippen molar-refractivity contribution >= 4 is 34.5 Å². The number of aromatic nitrogens is 1. The fourth-order valence-electron chi connectivity index (χ4n) is 2.87. The van der Waals surface area contributed by atoms with Gasteiger partial charge in [-0.15, -0.1) is 0 Å². The van der Waals surface area contributed by atoms with Gasteiger partial charge in [0.15, 0.2) is 0 Å². The number of halogens is 3. The number of ether oxygens (including phenoxy) is 1. The van der Waals surface area contributed by atoms with E-state index in [1.54, 1.807) is 20.8 Å². The summed E-state index contributed by atoms with van der Waals surface area (Å²) in [6.45, 7) is 5.17. The lowest BCUT2D eigenvalue weighted by Crippen LogP contribution is -2.36. The van der Waals surface area contributed by atoms with Gasteiger partial charge in [-0.2, -0.15) is 0 Å². The average Bonchev–Trinajstić information content (AvgIpc) is 2.51. The van der Waals surface area contributed by atoms with Gasteiger partial charge >= 0.3 is 13.1 Å². The van der Waals surface area contributed by atoms with Crippen molar-refractivity contribution in [1.82, 2.24) is 4.98 Å². The maximum atomic E-state index is 13.6. The predicted molar refractivity (Wildman–Crippen MR) is 105 cm³/mol. The molecule has 0 amide bonds. The highest BCUT2D eigenvalue weighted by atomic mass is 79.9. The van der Waals surface area contributed by atoms with Crippen LogP contribution < -0.4 is 5.46 Å². The second-order valence-electron chi connectivity index (χ2n) is 7.45. The van der Waals surface area contributed by atoms with Gasteiger partial charge in [-0.3, -0.25) is 4.79 Å². The first kappa shape index (κ1) is 22.5. The third kappa shape index (κ3) is 6.65. The Bertz CT molecular complexity index is 838. The highest BCUT2D eigenvalue weighted by Gasteiger charge is 2.28. The Hall–Kier alpha value is -1.84. The third-order valence-corrected chi connectivity index (χ3v) is 4.27. The summed E-state index contributed by atoms with van der Waals surface area (Å²) < 4.78 is 33.0. The van der Waals surface area contributed by atoms with Gasteiger partial charge in [-0.25, -0.2) is 13.8 Å². The number of esters is 1. The molecule has 1 heterocycles. The molecule has 0 spiro atoms. The maximum Gasteiger partial charge on any atom is 0.490 e. The summed E-state index contributed by atoms with van der Waals surface area (Å²) in [4.78, 5) is 16.7. The SMILES string of the molecule is CC(C)(C)OC(=O)C[C@@H](Cc1cc(F)cc(F)c1)c1nc(Br)ccc1B(O)O. The lowest BCUT2D eigenvalue weighted by molar-refractivity contribution is -0.155. The van der Waals surface area contributed by atoms with E-state index < -0.39 is 36.2 Å². The van der Waals surface area contributed by atoms with Crippen LogP contribution in [0.15, 0.2) is 34.9 Å². The van der Waals surface area contributed by atoms with E-state index in [9.17, 15) is 23.6 Å². The molecular formula is C19H21BBrF2NO4. The summed E-state index contributed by atoms with van der Waals surface area (Å²) in [5, 5.41) is 19.4. The molecule has 0 radical (unpaired) electrons. The number of carbonyl (C=O) groups is 1. The molecule has 28 heavy (non-hydrogen) atoms. The Morgan fingerprint density at radius 2 is 1.82 bits per heavy atom. The summed E-state index contributed by atoms with van der Waals surface area (Å²) in [5.74, 6) is -2.70. The molecule has 5 nitrogen and oxygen atoms in total. The van der Waals surface area contributed by atoms with Gasteiger partial charge in [0.1, 0.15) is 21.8 Å². The molecule has 2 N–H and O–H groups in total. The number of hydrogen-bond donors (Lipinski definition) is 2. The topological polar surface area (TPSA) is 79.7 Å². The lowest BCUT2D eigenvalue weighted by atomic mass is 9.75. The molecule has 0 bridgehead atoms. The maximum absolute atomic E-state index is 13.6. The Balaban J connectivity index is 2.44. The highest BCUT2D eigenvalue weighted by Crippen LogP contribution is 2.26. The van der Waals surface area contributed by atoms with E-state index >= 15 is 0 Å². The molecule has 150 valence electrons. The van der Waals surface area contributed by atoms with E-state index in [0.29, 0.717) is 10.2 Å². The molecular weight excluding hydrogens is 435 g/mol. The molecule has 2 rings (SSSR count). The van der Waals surface area contributed by atoms with E-state index in [1.807, 2.05) is 0 Å². The van der Waals surface area contributed by atoms with Gasteiger partial charge in [0.25, 0.3) is 0 Å². The largest absolute Gasteiger partial charge is 0.490 e. The van der Waals surface area contributed by atoms with E-state index in [0.717, 1.165) is 18.2 Å². The first-order valence-electron chi connectivity index (χ1n) is 8.64. The number of pyridine rings is 1. The van der Waals surface area contributed by atoms with Crippen molar-refractivity contribution in [3.63, 3.8) is 0 Å². The summed E-state index contributed by atoms with van der Waals surface area (Å²) in [6.07, 6.45) is -0.102. The molecule has 0 aliphatic rings. The molecule has 2 aromatic rings. The molecule has 1 aromatic carbocycles. The van der Waals surface area contributed by atoms with Crippen LogP contribution in [0.25, 0.3) is 0 Å². The first-order valence-corrected chi connectivity index (χ1v) is 9.43. The lowest BCUT2D eigenvalue weighted by Gasteiger charge is -2.23. The van der Waals surface area contributed by atoms with Crippen LogP contribution in [-0.2, 0) is 16.0 Å². The molecule has 0 fully saturated rings. The van der Waals surface area contributed by atoms with Crippen LogP contribution in [0.3, 0.4) is 0 Å². The monoisotopic (exact) mass is 455 g/mol. The van der Waals surface area contributed by atoms with E-state index in [-0.39, 0.29) is 24.0 Å². The van der Waals surface area contributed by atoms with Crippen molar-refractivity contribution in [1.29, 1.82) is 0 Å². The van der Waals surface area contributed by atoms with Gasteiger partial charge in [0.2, 0.25) is 0 Å². The zero-order chi connectivity index (χ0) is 21.1. The summed E-state index contributed by atoms with van der Waals surface area (Å²) in [7, 11) is -1.82. The normalized spacial score (nSPS) is 12.6. The van der Waals surface area contributed by atoms with Crippen LogP contribution in [0, 0.1) is 11.6 Å². The van der Waals surface area contributed by atoms with Gasteiger partial charge in [0, 0.05) is 23.1 Å². The van der Waals surface area contributed by atoms with Crippen LogP contribution >= 0.6 is 15.9 Å². The van der Waals surface area contributed by atoms with Crippen LogP contribution in [0.1, 0.15) is 44.4 Å². The summed E-state index contributed by atoms with van der Waals surface area (Å²) in [6, 6.07) is 6.08. The number of benzene rings is 1. The Morgan fingerprint density at radius 3 is 2.36 bits per heavy atom. The fourth-order valence-corrected chi connectivity index (χ4v) is 3.19. The van der Waals surface area contributed by atoms with Crippen LogP contribution in [-0.4, -0.2) is 33.7 Å². The molecule has 0 saturated carbocycles.